The molecular weight excluding hydrogens is 184 g/mol. The van der Waals surface area contributed by atoms with Gasteiger partial charge in [-0.3, -0.25) is 0 Å². The molecule has 70 valence electrons. The number of halogens is 1. The van der Waals surface area contributed by atoms with Gasteiger partial charge in [-0.15, -0.1) is 0 Å². The van der Waals surface area contributed by atoms with E-state index >= 15 is 0 Å². The maximum atomic E-state index is 5.59. The van der Waals surface area contributed by atoms with Gasteiger partial charge >= 0.3 is 0 Å². The van der Waals surface area contributed by atoms with Gasteiger partial charge in [-0.25, -0.2) is 0 Å². The molecule has 0 spiro atoms. The number of hydrogen-bond donors (Lipinski definition) is 0. The van der Waals surface area contributed by atoms with Gasteiger partial charge in [-0.2, -0.15) is 0 Å². The van der Waals surface area contributed by atoms with Crippen LogP contribution in [0.4, 0.5) is 0 Å². The Morgan fingerprint density at radius 3 is 2.62 bits per heavy atom. The Morgan fingerprint density at radius 2 is 2.00 bits per heavy atom. The molecule has 0 aromatic heterocycles. The van der Waals surface area contributed by atoms with Crippen LogP contribution in [0.1, 0.15) is 19.4 Å². The van der Waals surface area contributed by atoms with Crippen molar-refractivity contribution < 1.29 is 4.74 Å². The molecule has 1 aromatic rings. The highest BCUT2D eigenvalue weighted by Gasteiger charge is 2.00. The van der Waals surface area contributed by atoms with Crippen LogP contribution < -0.4 is 4.74 Å². The zero-order valence-electron chi connectivity index (χ0n) is 7.83. The summed E-state index contributed by atoms with van der Waals surface area (Å²) < 4.78 is 5.59. The molecule has 1 aromatic carbocycles. The number of rotatable bonds is 3. The first-order chi connectivity index (χ1) is 6.24. The summed E-state index contributed by atoms with van der Waals surface area (Å²) in [5.41, 5.74) is 2.49. The van der Waals surface area contributed by atoms with Crippen molar-refractivity contribution in [1.82, 2.24) is 0 Å². The minimum absolute atomic E-state index is 0.185. The molecule has 0 N–H and O–H groups in total. The van der Waals surface area contributed by atoms with E-state index in [-0.39, 0.29) is 6.10 Å². The van der Waals surface area contributed by atoms with E-state index in [1.807, 2.05) is 44.2 Å². The summed E-state index contributed by atoms with van der Waals surface area (Å²) in [6, 6.07) is 7.81. The fourth-order valence-corrected chi connectivity index (χ4v) is 1.18. The van der Waals surface area contributed by atoms with Crippen molar-refractivity contribution in [2.24, 2.45) is 0 Å². The van der Waals surface area contributed by atoms with Gasteiger partial charge in [0.1, 0.15) is 5.75 Å². The molecular formula is C11H13ClO. The third-order valence-electron chi connectivity index (χ3n) is 1.52. The molecule has 0 aliphatic carbocycles. The van der Waals surface area contributed by atoms with E-state index in [1.54, 1.807) is 0 Å². The predicted octanol–water partition coefficient (Wildman–Crippen LogP) is 3.68. The predicted molar refractivity (Wildman–Crippen MR) is 57.1 cm³/mol. The summed E-state index contributed by atoms with van der Waals surface area (Å²) in [6.45, 7) is 4.00. The van der Waals surface area contributed by atoms with Gasteiger partial charge < -0.3 is 4.74 Å². The summed E-state index contributed by atoms with van der Waals surface area (Å²) in [5, 5.41) is 0. The number of benzene rings is 1. The third-order valence-corrected chi connectivity index (χ3v) is 1.65. The Hall–Kier alpha value is -0.950. The molecule has 0 fully saturated rings. The van der Waals surface area contributed by atoms with E-state index in [9.17, 15) is 0 Å². The van der Waals surface area contributed by atoms with E-state index in [0.29, 0.717) is 0 Å². The van der Waals surface area contributed by atoms with Crippen molar-refractivity contribution in [3.05, 3.63) is 35.4 Å². The Bertz CT molecular complexity index is 292. The summed E-state index contributed by atoms with van der Waals surface area (Å²) in [4.78, 5) is 0. The quantitative estimate of drug-likeness (QED) is 0.717. The second kappa shape index (κ2) is 4.93. The second-order valence-electron chi connectivity index (χ2n) is 3.00. The molecule has 0 heterocycles. The van der Waals surface area contributed by atoms with E-state index < -0.39 is 0 Å². The highest BCUT2D eigenvalue weighted by Crippen LogP contribution is 2.20. The SMILES string of the molecule is CC(C)Oc1ccccc1C=CCl. The summed E-state index contributed by atoms with van der Waals surface area (Å²) in [6.07, 6.45) is 2.00. The van der Waals surface area contributed by atoms with Gasteiger partial charge in [0.25, 0.3) is 0 Å². The van der Waals surface area contributed by atoms with Crippen LogP contribution >= 0.6 is 11.6 Å². The lowest BCUT2D eigenvalue weighted by Crippen LogP contribution is -2.06. The molecule has 0 bridgehead atoms. The molecule has 13 heavy (non-hydrogen) atoms. The molecule has 0 aliphatic heterocycles. The van der Waals surface area contributed by atoms with Gasteiger partial charge in [0.2, 0.25) is 0 Å². The van der Waals surface area contributed by atoms with Crippen LogP contribution in [0.25, 0.3) is 6.08 Å². The van der Waals surface area contributed by atoms with Crippen LogP contribution in [-0.2, 0) is 0 Å². The molecule has 0 aliphatic rings. The molecule has 0 saturated heterocycles. The van der Waals surface area contributed by atoms with E-state index in [2.05, 4.69) is 0 Å². The van der Waals surface area contributed by atoms with E-state index in [0.717, 1.165) is 11.3 Å². The van der Waals surface area contributed by atoms with Gasteiger partial charge in [0.05, 0.1) is 6.10 Å². The van der Waals surface area contributed by atoms with Crippen LogP contribution in [0.3, 0.4) is 0 Å². The van der Waals surface area contributed by atoms with E-state index in [1.165, 1.54) is 5.54 Å². The van der Waals surface area contributed by atoms with Crippen molar-refractivity contribution in [2.45, 2.75) is 20.0 Å². The molecule has 2 heteroatoms. The van der Waals surface area contributed by atoms with E-state index in [4.69, 9.17) is 16.3 Å². The summed E-state index contributed by atoms with van der Waals surface area (Å²) in [7, 11) is 0. The Balaban J connectivity index is 2.90. The van der Waals surface area contributed by atoms with Crippen LogP contribution in [-0.4, -0.2) is 6.10 Å². The fourth-order valence-electron chi connectivity index (χ4n) is 1.05. The average Bonchev–Trinajstić information content (AvgIpc) is 2.08. The molecule has 0 unspecified atom stereocenters. The maximum Gasteiger partial charge on any atom is 0.126 e. The van der Waals surface area contributed by atoms with Crippen LogP contribution in [0.2, 0.25) is 0 Å². The molecule has 0 atom stereocenters. The highest BCUT2D eigenvalue weighted by molar-refractivity contribution is 6.27. The van der Waals surface area contributed by atoms with Crippen molar-refractivity contribution in [3.8, 4) is 5.75 Å². The van der Waals surface area contributed by atoms with Crippen molar-refractivity contribution in [2.75, 3.05) is 0 Å². The van der Waals surface area contributed by atoms with Gasteiger partial charge in [-0.1, -0.05) is 29.8 Å². The van der Waals surface area contributed by atoms with Crippen molar-refractivity contribution in [1.29, 1.82) is 0 Å². The topological polar surface area (TPSA) is 9.23 Å². The Kier molecular flexibility index (Phi) is 3.84. The minimum Gasteiger partial charge on any atom is -0.490 e. The number of hydrogen-bond acceptors (Lipinski definition) is 1. The second-order valence-corrected chi connectivity index (χ2v) is 3.25. The summed E-state index contributed by atoms with van der Waals surface area (Å²) in [5.74, 6) is 0.870. The molecule has 0 saturated carbocycles. The minimum atomic E-state index is 0.185. The zero-order chi connectivity index (χ0) is 9.68. The average molecular weight is 197 g/mol. The molecule has 0 radical (unpaired) electrons. The van der Waals surface area contributed by atoms with Gasteiger partial charge in [0.15, 0.2) is 0 Å². The molecule has 1 rings (SSSR count). The zero-order valence-corrected chi connectivity index (χ0v) is 8.58. The lowest BCUT2D eigenvalue weighted by Gasteiger charge is -2.11. The standard InChI is InChI=1S/C11H13ClO/c1-9(2)13-11-6-4-3-5-10(11)7-8-12/h3-9H,1-2H3. The lowest BCUT2D eigenvalue weighted by atomic mass is 10.2. The third kappa shape index (κ3) is 3.11. The Morgan fingerprint density at radius 1 is 1.31 bits per heavy atom. The maximum absolute atomic E-state index is 5.59. The first kappa shape index (κ1) is 10.1. The number of ether oxygens (including phenoxy) is 1. The largest absolute Gasteiger partial charge is 0.490 e. The normalized spacial score (nSPS) is 11.1. The number of para-hydroxylation sites is 1. The van der Waals surface area contributed by atoms with Crippen LogP contribution in [0, 0.1) is 0 Å². The van der Waals surface area contributed by atoms with Gasteiger partial charge in [0, 0.05) is 11.1 Å². The first-order valence-electron chi connectivity index (χ1n) is 4.26. The smallest absolute Gasteiger partial charge is 0.126 e. The molecule has 0 amide bonds. The highest BCUT2D eigenvalue weighted by atomic mass is 35.5. The monoisotopic (exact) mass is 196 g/mol. The molecule has 1 nitrogen and oxygen atoms in total. The van der Waals surface area contributed by atoms with Gasteiger partial charge in [-0.05, 0) is 26.0 Å². The first-order valence-corrected chi connectivity index (χ1v) is 4.70. The van der Waals surface area contributed by atoms with Crippen LogP contribution in [0.15, 0.2) is 29.8 Å². The lowest BCUT2D eigenvalue weighted by molar-refractivity contribution is 0.242. The summed E-state index contributed by atoms with van der Waals surface area (Å²) >= 11 is 5.51. The Labute approximate surface area is 84.0 Å². The van der Waals surface area contributed by atoms with Crippen molar-refractivity contribution >= 4 is 17.7 Å². The van der Waals surface area contributed by atoms with Crippen LogP contribution in [0.5, 0.6) is 5.75 Å². The fraction of sp³-hybridized carbons (Fsp3) is 0.273. The van der Waals surface area contributed by atoms with Crippen molar-refractivity contribution in [3.63, 3.8) is 0 Å².